The molecule has 3 fully saturated rings. The minimum Gasteiger partial charge on any atom is -0.488 e. The van der Waals surface area contributed by atoms with Gasteiger partial charge in [-0.3, -0.25) is 4.90 Å². The van der Waals surface area contributed by atoms with Gasteiger partial charge in [-0.1, -0.05) is 0 Å². The van der Waals surface area contributed by atoms with Crippen LogP contribution in [-0.2, 0) is 14.6 Å². The fraction of sp³-hybridized carbons (Fsp3) is 0.375. The smallest absolute Gasteiger partial charge is 0.391 e. The number of rotatable bonds is 10. The minimum atomic E-state index is -4.51. The minimum absolute atomic E-state index is 0.0291. The van der Waals surface area contributed by atoms with E-state index in [1.54, 1.807) is 18.2 Å². The molecule has 3 saturated heterocycles. The number of hydrogen-bond donors (Lipinski definition) is 2. The summed E-state index contributed by atoms with van der Waals surface area (Å²) in [7, 11) is -8.63. The van der Waals surface area contributed by atoms with E-state index in [1.807, 2.05) is 6.07 Å². The largest absolute Gasteiger partial charge is 0.488 e. The highest BCUT2D eigenvalue weighted by Gasteiger charge is 2.38. The second-order valence-electron chi connectivity index (χ2n) is 9.48. The quantitative estimate of drug-likeness (QED) is 0.276. The van der Waals surface area contributed by atoms with Crippen LogP contribution in [0.3, 0.4) is 0 Å². The van der Waals surface area contributed by atoms with Gasteiger partial charge in [-0.05, 0) is 41.8 Å². The maximum absolute atomic E-state index is 13.7. The number of ether oxygens (including phenoxy) is 1. The van der Waals surface area contributed by atoms with E-state index in [-0.39, 0.29) is 15.5 Å². The van der Waals surface area contributed by atoms with Gasteiger partial charge in [0.15, 0.2) is 0 Å². The summed E-state index contributed by atoms with van der Waals surface area (Å²) in [5, 5.41) is 9.46. The first-order chi connectivity index (χ1) is 18.1. The monoisotopic (exact) mass is 581 g/mol. The first-order valence-corrected chi connectivity index (χ1v) is 16.1. The van der Waals surface area contributed by atoms with Crippen LogP contribution in [0.25, 0.3) is 10.1 Å². The Hall–Kier alpha value is -2.56. The Morgan fingerprint density at radius 1 is 1.13 bits per heavy atom. The van der Waals surface area contributed by atoms with Gasteiger partial charge in [0.1, 0.15) is 47.0 Å². The standard InChI is InChI=1S/C24H26FN4O6PS2/c25-22-15-21(2-1-18(22)16-26)35-36(30,31)17-27-38(32,33)24-14-19-13-20(3-4-23(19)37-24)34-12-11-29-8-5-28(6-9-29)7-10-29/h1-4,13-15,27H,5-12,17H2/p+1. The number of nitrogens with one attached hydrogen (secondary N) is 1. The highest BCUT2D eigenvalue weighted by atomic mass is 32.2. The summed E-state index contributed by atoms with van der Waals surface area (Å²) in [5.41, 5.74) is -0.252. The van der Waals surface area contributed by atoms with Crippen molar-refractivity contribution in [3.05, 3.63) is 53.8 Å². The van der Waals surface area contributed by atoms with Gasteiger partial charge in [0, 0.05) is 30.4 Å². The molecule has 0 amide bonds. The summed E-state index contributed by atoms with van der Waals surface area (Å²) < 4.78 is 66.6. The Bertz CT molecular complexity index is 1540. The molecule has 2 N–H and O–H groups in total. The fourth-order valence-electron chi connectivity index (χ4n) is 4.72. The van der Waals surface area contributed by atoms with Gasteiger partial charge in [0.05, 0.1) is 25.2 Å². The van der Waals surface area contributed by atoms with Gasteiger partial charge in [0.25, 0.3) is 10.0 Å². The predicted octanol–water partition coefficient (Wildman–Crippen LogP) is 2.94. The second kappa shape index (κ2) is 10.5. The summed E-state index contributed by atoms with van der Waals surface area (Å²) in [5.74, 6) is -0.561. The van der Waals surface area contributed by atoms with Crippen LogP contribution in [0.2, 0.25) is 0 Å². The van der Waals surface area contributed by atoms with Gasteiger partial charge in [-0.15, -0.1) is 11.3 Å². The molecule has 10 nitrogen and oxygen atoms in total. The number of halogens is 1. The molecule has 1 aromatic heterocycles. The van der Waals surface area contributed by atoms with Crippen molar-refractivity contribution in [2.45, 2.75) is 4.21 Å². The van der Waals surface area contributed by atoms with E-state index in [9.17, 15) is 22.3 Å². The lowest BCUT2D eigenvalue weighted by atomic mass is 10.1. The average Bonchev–Trinajstić information content (AvgIpc) is 3.33. The fourth-order valence-corrected chi connectivity index (χ4v) is 8.64. The topological polar surface area (TPSA) is 129 Å². The van der Waals surface area contributed by atoms with Crippen LogP contribution in [0, 0.1) is 17.1 Å². The maximum atomic E-state index is 13.7. The summed E-state index contributed by atoms with van der Waals surface area (Å²) >= 11 is 1.02. The molecule has 3 aliphatic heterocycles. The number of quaternary nitrogens is 1. The molecule has 1 atom stereocenters. The van der Waals surface area contributed by atoms with E-state index in [2.05, 4.69) is 9.62 Å². The summed E-state index contributed by atoms with van der Waals surface area (Å²) in [4.78, 5) is 12.6. The van der Waals surface area contributed by atoms with Crippen molar-refractivity contribution in [2.75, 3.05) is 58.7 Å². The molecular weight excluding hydrogens is 554 g/mol. The SMILES string of the molecule is N#Cc1ccc(OP(=O)(O)CNS(=O)(=O)c2cc3cc(OCC[N+]45CCN(CC4)CC5)ccc3s2)cc1F. The van der Waals surface area contributed by atoms with Crippen LogP contribution >= 0.6 is 18.9 Å². The molecule has 2 aromatic carbocycles. The Labute approximate surface area is 224 Å². The zero-order valence-electron chi connectivity index (χ0n) is 20.4. The summed E-state index contributed by atoms with van der Waals surface area (Å²) in [6, 6.07) is 11.5. The van der Waals surface area contributed by atoms with Crippen molar-refractivity contribution in [1.82, 2.24) is 9.62 Å². The predicted molar refractivity (Wildman–Crippen MR) is 140 cm³/mol. The highest BCUT2D eigenvalue weighted by Crippen LogP contribution is 2.42. The molecule has 1 unspecified atom stereocenters. The van der Waals surface area contributed by atoms with Crippen LogP contribution in [0.5, 0.6) is 11.5 Å². The van der Waals surface area contributed by atoms with Crippen LogP contribution in [-0.4, -0.2) is 81.4 Å². The van der Waals surface area contributed by atoms with Crippen LogP contribution in [0.15, 0.2) is 46.7 Å². The lowest BCUT2D eigenvalue weighted by Gasteiger charge is -2.50. The molecule has 6 rings (SSSR count). The zero-order chi connectivity index (χ0) is 27.0. The Morgan fingerprint density at radius 3 is 2.53 bits per heavy atom. The van der Waals surface area contributed by atoms with Crippen LogP contribution in [0.4, 0.5) is 4.39 Å². The molecule has 202 valence electrons. The third kappa shape index (κ3) is 6.02. The molecule has 4 heterocycles. The molecule has 3 aromatic rings. The molecule has 14 heteroatoms. The van der Waals surface area contributed by atoms with Gasteiger partial charge < -0.3 is 18.6 Å². The second-order valence-corrected chi connectivity index (χ2v) is 14.3. The number of thiophene rings is 1. The Kier molecular flexibility index (Phi) is 7.50. The lowest BCUT2D eigenvalue weighted by molar-refractivity contribution is -0.940. The van der Waals surface area contributed by atoms with Crippen molar-refractivity contribution >= 4 is 39.0 Å². The van der Waals surface area contributed by atoms with E-state index < -0.39 is 29.7 Å². The number of nitriles is 1. The van der Waals surface area contributed by atoms with Gasteiger partial charge in [-0.25, -0.2) is 17.4 Å². The van der Waals surface area contributed by atoms with Crippen molar-refractivity contribution in [2.24, 2.45) is 0 Å². The van der Waals surface area contributed by atoms with Gasteiger partial charge in [0.2, 0.25) is 0 Å². The molecule has 2 bridgehead atoms. The van der Waals surface area contributed by atoms with E-state index in [4.69, 9.17) is 14.5 Å². The molecular formula is C24H27FN4O6PS2+. The maximum Gasteiger partial charge on any atom is 0.391 e. The van der Waals surface area contributed by atoms with Crippen molar-refractivity contribution in [1.29, 1.82) is 5.26 Å². The van der Waals surface area contributed by atoms with E-state index in [0.29, 0.717) is 17.7 Å². The number of fused-ring (bicyclic) bond motifs is 4. The number of sulfonamides is 1. The van der Waals surface area contributed by atoms with Crippen molar-refractivity contribution < 1.29 is 36.0 Å². The Balaban J connectivity index is 1.20. The molecule has 0 saturated carbocycles. The number of benzene rings is 2. The van der Waals surface area contributed by atoms with Gasteiger partial charge >= 0.3 is 7.60 Å². The molecule has 0 aliphatic carbocycles. The van der Waals surface area contributed by atoms with Crippen LogP contribution in [0.1, 0.15) is 5.56 Å². The number of nitrogens with zero attached hydrogens (tertiary/aromatic N) is 3. The lowest BCUT2D eigenvalue weighted by Crippen LogP contribution is -2.68. The van der Waals surface area contributed by atoms with Crippen molar-refractivity contribution in [3.63, 3.8) is 0 Å². The average molecular weight is 582 g/mol. The number of hydrogen-bond acceptors (Lipinski definition) is 8. The molecule has 3 aliphatic rings. The molecule has 38 heavy (non-hydrogen) atoms. The third-order valence-electron chi connectivity index (χ3n) is 7.00. The zero-order valence-corrected chi connectivity index (χ0v) is 22.9. The number of piperazine rings is 3. The van der Waals surface area contributed by atoms with Crippen LogP contribution < -0.4 is 14.0 Å². The molecule has 0 spiro atoms. The molecule has 0 radical (unpaired) electrons. The van der Waals surface area contributed by atoms with Crippen molar-refractivity contribution in [3.8, 4) is 17.6 Å². The van der Waals surface area contributed by atoms with E-state index in [1.165, 1.54) is 6.07 Å². The highest BCUT2D eigenvalue weighted by molar-refractivity contribution is 7.92. The Morgan fingerprint density at radius 2 is 1.84 bits per heavy atom. The summed E-state index contributed by atoms with van der Waals surface area (Å²) in [6.07, 6.45) is -0.919. The summed E-state index contributed by atoms with van der Waals surface area (Å²) in [6.45, 7) is 8.38. The van der Waals surface area contributed by atoms with E-state index in [0.717, 1.165) is 84.5 Å². The first kappa shape index (κ1) is 27.0. The van der Waals surface area contributed by atoms with Gasteiger partial charge in [-0.2, -0.15) is 9.98 Å². The first-order valence-electron chi connectivity index (χ1n) is 12.0. The normalized spacial score (nSPS) is 22.6. The van der Waals surface area contributed by atoms with E-state index >= 15 is 0 Å². The third-order valence-corrected chi connectivity index (χ3v) is 11.3.